The summed E-state index contributed by atoms with van der Waals surface area (Å²) in [6.07, 6.45) is 0.0199. The molecular formula is C12H22N2O3S. The van der Waals surface area contributed by atoms with Gasteiger partial charge in [-0.3, -0.25) is 4.79 Å². The zero-order chi connectivity index (χ0) is 13.9. The van der Waals surface area contributed by atoms with Gasteiger partial charge in [0.1, 0.15) is 5.60 Å². The minimum Gasteiger partial charge on any atom is -0.444 e. The topological polar surface area (TPSA) is 58.6 Å². The van der Waals surface area contributed by atoms with Gasteiger partial charge in [-0.15, -0.1) is 0 Å². The second-order valence-corrected chi connectivity index (χ2v) is 6.43. The van der Waals surface area contributed by atoms with Gasteiger partial charge in [-0.25, -0.2) is 4.79 Å². The van der Waals surface area contributed by atoms with Crippen LogP contribution in [0, 0.1) is 0 Å². The molecule has 0 spiro atoms. The molecule has 0 aliphatic carbocycles. The minimum atomic E-state index is -0.510. The fourth-order valence-electron chi connectivity index (χ4n) is 1.81. The van der Waals surface area contributed by atoms with E-state index < -0.39 is 11.7 Å². The van der Waals surface area contributed by atoms with Crippen LogP contribution in [0.3, 0.4) is 0 Å². The molecule has 0 bridgehead atoms. The Hall–Kier alpha value is -0.910. The number of hydrogen-bond acceptors (Lipinski definition) is 4. The van der Waals surface area contributed by atoms with E-state index in [1.54, 1.807) is 4.90 Å². The lowest BCUT2D eigenvalue weighted by atomic mass is 10.2. The van der Waals surface area contributed by atoms with Gasteiger partial charge in [0.25, 0.3) is 0 Å². The summed E-state index contributed by atoms with van der Waals surface area (Å²) in [5.74, 6) is 0.0906. The molecule has 0 aromatic heterocycles. The van der Waals surface area contributed by atoms with Crippen molar-refractivity contribution in [3.63, 3.8) is 0 Å². The van der Waals surface area contributed by atoms with Crippen molar-refractivity contribution in [2.75, 3.05) is 13.1 Å². The predicted octanol–water partition coefficient (Wildman–Crippen LogP) is 1.43. The normalized spacial score (nSPS) is 21.9. The maximum absolute atomic E-state index is 11.6. The first kappa shape index (κ1) is 15.1. The summed E-state index contributed by atoms with van der Waals surface area (Å²) in [4.78, 5) is 24.8. The first-order chi connectivity index (χ1) is 8.17. The lowest BCUT2D eigenvalue weighted by Gasteiger charge is -2.24. The third-order valence-electron chi connectivity index (χ3n) is 2.45. The molecule has 2 unspecified atom stereocenters. The number of carbonyl (C=O) groups excluding carboxylic acids is 2. The molecule has 1 N–H and O–H groups in total. The van der Waals surface area contributed by atoms with Gasteiger partial charge in [-0.1, -0.05) is 0 Å². The van der Waals surface area contributed by atoms with Crippen molar-refractivity contribution >= 4 is 24.6 Å². The van der Waals surface area contributed by atoms with Crippen molar-refractivity contribution in [2.45, 2.75) is 51.0 Å². The van der Waals surface area contributed by atoms with Crippen LogP contribution in [0.5, 0.6) is 0 Å². The summed E-state index contributed by atoms with van der Waals surface area (Å²) in [5, 5.41) is 2.82. The Morgan fingerprint density at radius 3 is 2.67 bits per heavy atom. The highest BCUT2D eigenvalue weighted by Crippen LogP contribution is 2.16. The summed E-state index contributed by atoms with van der Waals surface area (Å²) in [6.45, 7) is 8.42. The highest BCUT2D eigenvalue weighted by Gasteiger charge is 2.28. The van der Waals surface area contributed by atoms with Gasteiger partial charge in [0.2, 0.25) is 5.91 Å². The Bertz CT molecular complexity index is 328. The molecule has 5 nitrogen and oxygen atoms in total. The molecule has 0 saturated carbocycles. The second-order valence-electron chi connectivity index (χ2n) is 5.70. The lowest BCUT2D eigenvalue weighted by Crippen LogP contribution is -2.44. The number of ether oxygens (including phenoxy) is 1. The molecule has 1 aliphatic heterocycles. The lowest BCUT2D eigenvalue weighted by molar-refractivity contribution is -0.127. The van der Waals surface area contributed by atoms with Crippen LogP contribution in [-0.2, 0) is 9.53 Å². The first-order valence-corrected chi connectivity index (χ1v) is 6.64. The quantitative estimate of drug-likeness (QED) is 0.765. The Balaban J connectivity index is 2.35. The van der Waals surface area contributed by atoms with Crippen LogP contribution in [0.4, 0.5) is 4.79 Å². The van der Waals surface area contributed by atoms with Gasteiger partial charge in [0, 0.05) is 30.8 Å². The second kappa shape index (κ2) is 5.82. The fraction of sp³-hybridized carbons (Fsp3) is 0.833. The summed E-state index contributed by atoms with van der Waals surface area (Å²) in [6, 6.07) is -0.137. The van der Waals surface area contributed by atoms with Gasteiger partial charge in [-0.2, -0.15) is 12.6 Å². The summed E-state index contributed by atoms with van der Waals surface area (Å²) in [5.41, 5.74) is -0.510. The molecule has 0 aromatic carbocycles. The number of rotatable bonds is 3. The van der Waals surface area contributed by atoms with Crippen LogP contribution in [0.25, 0.3) is 0 Å². The summed E-state index contributed by atoms with van der Waals surface area (Å²) < 4.78 is 5.15. The predicted molar refractivity (Wildman–Crippen MR) is 72.8 cm³/mol. The zero-order valence-corrected chi connectivity index (χ0v) is 12.3. The molecule has 1 aliphatic rings. The molecule has 18 heavy (non-hydrogen) atoms. The van der Waals surface area contributed by atoms with E-state index in [-0.39, 0.29) is 17.2 Å². The van der Waals surface area contributed by atoms with Crippen LogP contribution >= 0.6 is 12.6 Å². The van der Waals surface area contributed by atoms with Crippen LogP contribution in [0.2, 0.25) is 0 Å². The minimum absolute atomic E-state index is 0.0906. The third kappa shape index (κ3) is 5.16. The van der Waals surface area contributed by atoms with Gasteiger partial charge in [-0.05, 0) is 27.7 Å². The standard InChI is InChI=1S/C12H22N2O3S/c1-8(13-11(16)17-12(2,3)4)6-14-7-9(18)5-10(14)15/h8-9,18H,5-7H2,1-4H3,(H,13,16). The smallest absolute Gasteiger partial charge is 0.407 e. The van der Waals surface area contributed by atoms with Crippen LogP contribution in [0.1, 0.15) is 34.1 Å². The van der Waals surface area contributed by atoms with E-state index in [1.165, 1.54) is 0 Å². The maximum Gasteiger partial charge on any atom is 0.407 e. The maximum atomic E-state index is 11.6. The molecule has 6 heteroatoms. The van der Waals surface area contributed by atoms with Crippen LogP contribution in [-0.4, -0.2) is 46.9 Å². The van der Waals surface area contributed by atoms with Gasteiger partial charge in [0.05, 0.1) is 0 Å². The van der Waals surface area contributed by atoms with E-state index in [9.17, 15) is 9.59 Å². The van der Waals surface area contributed by atoms with Crippen LogP contribution in [0.15, 0.2) is 0 Å². The highest BCUT2D eigenvalue weighted by atomic mass is 32.1. The van der Waals surface area contributed by atoms with Crippen molar-refractivity contribution in [2.24, 2.45) is 0 Å². The molecule has 104 valence electrons. The number of nitrogens with one attached hydrogen (secondary N) is 1. The molecule has 1 fully saturated rings. The molecule has 2 amide bonds. The van der Waals surface area contributed by atoms with E-state index in [2.05, 4.69) is 17.9 Å². The van der Waals surface area contributed by atoms with Crippen molar-refractivity contribution in [3.05, 3.63) is 0 Å². The number of carbonyl (C=O) groups is 2. The fourth-order valence-corrected chi connectivity index (χ4v) is 2.17. The van der Waals surface area contributed by atoms with E-state index in [1.807, 2.05) is 27.7 Å². The monoisotopic (exact) mass is 274 g/mol. The molecule has 1 saturated heterocycles. The Kier molecular flexibility index (Phi) is 4.90. The molecule has 0 radical (unpaired) electrons. The van der Waals surface area contributed by atoms with Gasteiger partial charge >= 0.3 is 6.09 Å². The van der Waals surface area contributed by atoms with Crippen LogP contribution < -0.4 is 5.32 Å². The number of alkyl carbamates (subject to hydrolysis) is 1. The molecular weight excluding hydrogens is 252 g/mol. The molecule has 2 atom stereocenters. The third-order valence-corrected chi connectivity index (χ3v) is 2.80. The Morgan fingerprint density at radius 1 is 1.61 bits per heavy atom. The summed E-state index contributed by atoms with van der Waals surface area (Å²) in [7, 11) is 0. The molecule has 1 heterocycles. The van der Waals surface area contributed by atoms with E-state index in [4.69, 9.17) is 4.74 Å². The first-order valence-electron chi connectivity index (χ1n) is 6.13. The average molecular weight is 274 g/mol. The van der Waals surface area contributed by atoms with Crippen molar-refractivity contribution in [1.29, 1.82) is 0 Å². The number of thiol groups is 1. The van der Waals surface area contributed by atoms with E-state index in [0.717, 1.165) is 0 Å². The highest BCUT2D eigenvalue weighted by molar-refractivity contribution is 7.81. The van der Waals surface area contributed by atoms with Gasteiger partial charge in [0.15, 0.2) is 0 Å². The van der Waals surface area contributed by atoms with Crippen molar-refractivity contribution < 1.29 is 14.3 Å². The number of likely N-dealkylation sites (tertiary alicyclic amines) is 1. The largest absolute Gasteiger partial charge is 0.444 e. The van der Waals surface area contributed by atoms with Gasteiger partial charge < -0.3 is 15.0 Å². The molecule has 1 rings (SSSR count). The van der Waals surface area contributed by atoms with E-state index >= 15 is 0 Å². The number of amides is 2. The Morgan fingerprint density at radius 2 is 2.22 bits per heavy atom. The molecule has 0 aromatic rings. The van der Waals surface area contributed by atoms with E-state index in [0.29, 0.717) is 19.5 Å². The Labute approximate surface area is 114 Å². The number of hydrogen-bond donors (Lipinski definition) is 2. The summed E-state index contributed by atoms with van der Waals surface area (Å²) >= 11 is 4.28. The average Bonchev–Trinajstić information content (AvgIpc) is 2.40. The number of nitrogens with zero attached hydrogens (tertiary/aromatic N) is 1. The zero-order valence-electron chi connectivity index (χ0n) is 11.4. The SMILES string of the molecule is CC(CN1CC(S)CC1=O)NC(=O)OC(C)(C)C. The van der Waals surface area contributed by atoms with Crippen molar-refractivity contribution in [3.8, 4) is 0 Å². The van der Waals surface area contributed by atoms with Crippen molar-refractivity contribution in [1.82, 2.24) is 10.2 Å².